The molecule has 0 radical (unpaired) electrons. The molecule has 10 heteroatoms. The summed E-state index contributed by atoms with van der Waals surface area (Å²) in [4.78, 5) is 24.1. The number of sulfonamides is 1. The van der Waals surface area contributed by atoms with Gasteiger partial charge < -0.3 is 10.1 Å². The molecule has 1 saturated heterocycles. The number of quaternary nitrogens is 1. The van der Waals surface area contributed by atoms with Crippen LogP contribution in [-0.4, -0.2) is 37.9 Å². The van der Waals surface area contributed by atoms with E-state index in [0.29, 0.717) is 23.1 Å². The van der Waals surface area contributed by atoms with Gasteiger partial charge in [0.25, 0.3) is 0 Å². The molecule has 9 nitrogen and oxygen atoms in total. The second-order valence-electron chi connectivity index (χ2n) is 8.10. The Hall–Kier alpha value is -2.82. The van der Waals surface area contributed by atoms with Crippen LogP contribution in [-0.2, 0) is 30.9 Å². The number of amides is 1. The Labute approximate surface area is 181 Å². The normalized spacial score (nSPS) is 22.0. The van der Waals surface area contributed by atoms with Crippen LogP contribution in [0.4, 0.5) is 5.69 Å². The van der Waals surface area contributed by atoms with E-state index in [4.69, 9.17) is 9.88 Å². The number of primary sulfonamides is 1. The minimum Gasteiger partial charge on any atom is -0.350 e. The van der Waals surface area contributed by atoms with E-state index in [2.05, 4.69) is 11.4 Å². The number of nitrogens with one attached hydrogen (secondary N) is 1. The molecular formula is C21H26N4O5S+2. The molecule has 3 heterocycles. The Bertz CT molecular complexity index is 1100. The molecule has 2 aliphatic rings. The fourth-order valence-electron chi connectivity index (χ4n) is 4.33. The number of esters is 1. The zero-order valence-corrected chi connectivity index (χ0v) is 17.9. The summed E-state index contributed by atoms with van der Waals surface area (Å²) >= 11 is 0. The lowest BCUT2D eigenvalue weighted by Gasteiger charge is -2.25. The number of benzene rings is 1. The van der Waals surface area contributed by atoms with Crippen molar-refractivity contribution in [3.8, 4) is 0 Å². The highest BCUT2D eigenvalue weighted by Crippen LogP contribution is 2.35. The largest absolute Gasteiger partial charge is 0.448 e. The van der Waals surface area contributed by atoms with Gasteiger partial charge in [0.2, 0.25) is 21.6 Å². The second-order valence-corrected chi connectivity index (χ2v) is 9.66. The topological polar surface area (TPSA) is 119 Å². The number of nitrogens with zero attached hydrogens (tertiary/aromatic N) is 2. The number of fused-ring (bicyclic) bond motifs is 3. The van der Waals surface area contributed by atoms with Gasteiger partial charge in [-0.1, -0.05) is 0 Å². The van der Waals surface area contributed by atoms with E-state index in [1.54, 1.807) is 0 Å². The minimum atomic E-state index is -3.75. The molecule has 2 atom stereocenters. The Morgan fingerprint density at radius 2 is 1.90 bits per heavy atom. The van der Waals surface area contributed by atoms with Crippen LogP contribution >= 0.6 is 0 Å². The number of nitrogens with two attached hydrogens (primary N) is 1. The number of carbonyl (C=O) groups is 2. The molecule has 0 aliphatic carbocycles. The van der Waals surface area contributed by atoms with Crippen LogP contribution in [0.5, 0.6) is 0 Å². The first-order valence-electron chi connectivity index (χ1n) is 10.2. The summed E-state index contributed by atoms with van der Waals surface area (Å²) in [5, 5.41) is 7.83. The highest BCUT2D eigenvalue weighted by Gasteiger charge is 2.60. The standard InChI is InChI=1S/C21H25N4O5S/c22-31(28,29)18-10-8-16(9-11-18)23-19(26)7-2-1-5-13-25-14-17-6-3-4-12-24(17)21(25)30-20(27)15-25/h3-4,6,8-12,21H,1-2,5,7,13-15H2,(H2-,22,23,26,28,29)/q+1/p+1. The summed E-state index contributed by atoms with van der Waals surface area (Å²) in [7, 11) is -3.75. The zero-order chi connectivity index (χ0) is 22.1. The average Bonchev–Trinajstić information content (AvgIpc) is 3.18. The molecule has 3 N–H and O–H groups in total. The van der Waals surface area contributed by atoms with Gasteiger partial charge in [0.15, 0.2) is 19.3 Å². The molecule has 31 heavy (non-hydrogen) atoms. The first-order chi connectivity index (χ1) is 14.8. The molecule has 1 amide bonds. The average molecular weight is 447 g/mol. The third-order valence-corrected chi connectivity index (χ3v) is 6.75. The first kappa shape index (κ1) is 21.4. The van der Waals surface area contributed by atoms with Crippen LogP contribution in [0.15, 0.2) is 53.6 Å². The minimum absolute atomic E-state index is 0.00269. The lowest BCUT2D eigenvalue weighted by Crippen LogP contribution is -2.51. The van der Waals surface area contributed by atoms with Gasteiger partial charge in [-0.05, 0) is 49.6 Å². The van der Waals surface area contributed by atoms with Crippen LogP contribution in [0.1, 0.15) is 37.7 Å². The van der Waals surface area contributed by atoms with Crippen molar-refractivity contribution in [2.75, 3.05) is 18.4 Å². The van der Waals surface area contributed by atoms with Gasteiger partial charge in [-0.25, -0.2) is 22.8 Å². The maximum Gasteiger partial charge on any atom is 0.448 e. The molecule has 0 bridgehead atoms. The van der Waals surface area contributed by atoms with Crippen molar-refractivity contribution in [1.29, 1.82) is 0 Å². The maximum absolute atomic E-state index is 12.2. The van der Waals surface area contributed by atoms with Gasteiger partial charge in [0, 0.05) is 24.2 Å². The Morgan fingerprint density at radius 3 is 2.65 bits per heavy atom. The van der Waals surface area contributed by atoms with Crippen LogP contribution in [0.3, 0.4) is 0 Å². The number of hydrogen-bond acceptors (Lipinski definition) is 5. The molecule has 1 aromatic heterocycles. The highest BCUT2D eigenvalue weighted by atomic mass is 32.2. The summed E-state index contributed by atoms with van der Waals surface area (Å²) in [5.74, 6) is -0.295. The van der Waals surface area contributed by atoms with E-state index in [-0.39, 0.29) is 23.1 Å². The van der Waals surface area contributed by atoms with E-state index in [1.165, 1.54) is 24.3 Å². The predicted octanol–water partition coefficient (Wildman–Crippen LogP) is 1.16. The predicted molar refractivity (Wildman–Crippen MR) is 110 cm³/mol. The smallest absolute Gasteiger partial charge is 0.350 e. The van der Waals surface area contributed by atoms with Gasteiger partial charge in [0.05, 0.1) is 11.4 Å². The van der Waals surface area contributed by atoms with Crippen molar-refractivity contribution in [3.63, 3.8) is 0 Å². The lowest BCUT2D eigenvalue weighted by molar-refractivity contribution is -1.06. The molecule has 1 aromatic carbocycles. The molecule has 0 spiro atoms. The van der Waals surface area contributed by atoms with E-state index in [9.17, 15) is 18.0 Å². The van der Waals surface area contributed by atoms with E-state index in [0.717, 1.165) is 38.0 Å². The van der Waals surface area contributed by atoms with Crippen molar-refractivity contribution in [1.82, 2.24) is 0 Å². The molecule has 0 saturated carbocycles. The quantitative estimate of drug-likeness (QED) is 0.273. The fourth-order valence-corrected chi connectivity index (χ4v) is 4.84. The number of anilines is 1. The second kappa shape index (κ2) is 8.37. The van der Waals surface area contributed by atoms with Gasteiger partial charge in [-0.3, -0.25) is 4.79 Å². The van der Waals surface area contributed by atoms with Crippen LogP contribution in [0, 0.1) is 0 Å². The monoisotopic (exact) mass is 446 g/mol. The third kappa shape index (κ3) is 4.60. The number of ether oxygens (including phenoxy) is 1. The van der Waals surface area contributed by atoms with Crippen molar-refractivity contribution >= 4 is 27.6 Å². The molecule has 4 rings (SSSR count). The van der Waals surface area contributed by atoms with Gasteiger partial charge in [0.1, 0.15) is 0 Å². The van der Waals surface area contributed by atoms with Crippen molar-refractivity contribution in [3.05, 3.63) is 54.4 Å². The SMILES string of the molecule is NS(=O)(=O)c1ccc(NC(=O)CCCCC[N+]23CC(=O)OC2[n+]2ccccc2C3)cc1. The molecule has 2 unspecified atom stereocenters. The van der Waals surface area contributed by atoms with Gasteiger partial charge in [-0.15, -0.1) is 4.57 Å². The van der Waals surface area contributed by atoms with E-state index >= 15 is 0 Å². The first-order valence-corrected chi connectivity index (χ1v) is 11.8. The summed E-state index contributed by atoms with van der Waals surface area (Å²) in [6.45, 7) is 1.96. The highest BCUT2D eigenvalue weighted by molar-refractivity contribution is 7.89. The Balaban J connectivity index is 1.23. The third-order valence-electron chi connectivity index (χ3n) is 5.82. The lowest BCUT2D eigenvalue weighted by atomic mass is 10.1. The van der Waals surface area contributed by atoms with E-state index < -0.39 is 10.0 Å². The van der Waals surface area contributed by atoms with Crippen molar-refractivity contribution in [2.45, 2.75) is 43.5 Å². The number of carbonyl (C=O) groups excluding carboxylic acids is 2. The van der Waals surface area contributed by atoms with Crippen LogP contribution in [0.2, 0.25) is 0 Å². The summed E-state index contributed by atoms with van der Waals surface area (Å²) < 4.78 is 30.8. The zero-order valence-electron chi connectivity index (χ0n) is 17.1. The molecule has 2 aliphatic heterocycles. The molecule has 1 fully saturated rings. The number of hydrogen-bond donors (Lipinski definition) is 2. The van der Waals surface area contributed by atoms with E-state index in [1.807, 2.05) is 22.9 Å². The molecular weight excluding hydrogens is 420 g/mol. The van der Waals surface area contributed by atoms with Crippen LogP contribution < -0.4 is 15.0 Å². The molecule has 164 valence electrons. The van der Waals surface area contributed by atoms with Crippen molar-refractivity contribution < 1.29 is 31.8 Å². The summed E-state index contributed by atoms with van der Waals surface area (Å²) in [6, 6.07) is 11.8. The summed E-state index contributed by atoms with van der Waals surface area (Å²) in [6.07, 6.45) is 4.51. The number of pyridine rings is 1. The van der Waals surface area contributed by atoms with Crippen molar-refractivity contribution in [2.24, 2.45) is 5.14 Å². The summed E-state index contributed by atoms with van der Waals surface area (Å²) in [5.41, 5.74) is 1.69. The molecule has 2 aromatic rings. The number of unbranched alkanes of at least 4 members (excludes halogenated alkanes) is 2. The van der Waals surface area contributed by atoms with Crippen LogP contribution in [0.25, 0.3) is 0 Å². The maximum atomic E-state index is 12.2. The Morgan fingerprint density at radius 1 is 1.13 bits per heavy atom. The number of aromatic nitrogens is 1. The van der Waals surface area contributed by atoms with Gasteiger partial charge >= 0.3 is 12.3 Å². The fraction of sp³-hybridized carbons (Fsp3) is 0.381. The van der Waals surface area contributed by atoms with Gasteiger partial charge in [-0.2, -0.15) is 0 Å². The Kier molecular flexibility index (Phi) is 5.78. The number of rotatable bonds is 8.